The molecule has 0 saturated heterocycles. The van der Waals surface area contributed by atoms with Gasteiger partial charge in [0.05, 0.1) is 22.4 Å². The van der Waals surface area contributed by atoms with Gasteiger partial charge in [-0.1, -0.05) is 6.07 Å². The molecule has 0 N–H and O–H groups in total. The molecule has 0 atom stereocenters. The molecule has 1 rings (SSSR count). The molecule has 0 aliphatic rings. The summed E-state index contributed by atoms with van der Waals surface area (Å²) in [6, 6.07) is 2.34. The molecule has 7 heteroatoms. The summed E-state index contributed by atoms with van der Waals surface area (Å²) in [7, 11) is 0. The molecular weight excluding hydrogens is 297 g/mol. The fourth-order valence-electron chi connectivity index (χ4n) is 1.22. The van der Waals surface area contributed by atoms with Gasteiger partial charge >= 0.3 is 11.7 Å². The van der Waals surface area contributed by atoms with Gasteiger partial charge in [-0.25, -0.2) is 0 Å². The van der Waals surface area contributed by atoms with E-state index in [1.807, 2.05) is 0 Å². The molecule has 5 nitrogen and oxygen atoms in total. The standard InChI is InChI=1S/C10H9BrFNO4/c1-2-17-8(14)5-6-3-4-7(13(15)16)10(12)9(6)11/h3-4H,2,5H2,1H3. The van der Waals surface area contributed by atoms with Crippen molar-refractivity contribution in [1.82, 2.24) is 0 Å². The predicted molar refractivity (Wildman–Crippen MR) is 61.1 cm³/mol. The van der Waals surface area contributed by atoms with Crippen LogP contribution in [-0.2, 0) is 16.0 Å². The summed E-state index contributed by atoms with van der Waals surface area (Å²) in [6.45, 7) is 1.88. The van der Waals surface area contributed by atoms with Crippen LogP contribution in [0.15, 0.2) is 16.6 Å². The molecule has 1 aromatic rings. The lowest BCUT2D eigenvalue weighted by molar-refractivity contribution is -0.387. The minimum atomic E-state index is -0.989. The molecule has 1 aromatic carbocycles. The van der Waals surface area contributed by atoms with E-state index in [0.717, 1.165) is 6.07 Å². The van der Waals surface area contributed by atoms with Crippen LogP contribution in [0, 0.1) is 15.9 Å². The number of halogens is 2. The summed E-state index contributed by atoms with van der Waals surface area (Å²) < 4.78 is 18.1. The summed E-state index contributed by atoms with van der Waals surface area (Å²) in [6.07, 6.45) is -0.136. The van der Waals surface area contributed by atoms with Gasteiger partial charge in [-0.15, -0.1) is 0 Å². The Bertz CT molecular complexity index is 464. The zero-order valence-electron chi connectivity index (χ0n) is 8.91. The second-order valence-corrected chi connectivity index (χ2v) is 3.90. The van der Waals surface area contributed by atoms with Gasteiger partial charge < -0.3 is 4.74 Å². The van der Waals surface area contributed by atoms with Gasteiger partial charge in [0.1, 0.15) is 0 Å². The molecule has 0 aliphatic heterocycles. The van der Waals surface area contributed by atoms with Gasteiger partial charge in [0.25, 0.3) is 0 Å². The SMILES string of the molecule is CCOC(=O)Cc1ccc([N+](=O)[O-])c(F)c1Br. The Morgan fingerprint density at radius 2 is 2.24 bits per heavy atom. The zero-order valence-corrected chi connectivity index (χ0v) is 10.5. The highest BCUT2D eigenvalue weighted by Crippen LogP contribution is 2.28. The number of carbonyl (C=O) groups is 1. The van der Waals surface area contributed by atoms with E-state index in [-0.39, 0.29) is 17.5 Å². The van der Waals surface area contributed by atoms with E-state index in [1.165, 1.54) is 6.07 Å². The molecular formula is C10H9BrFNO4. The van der Waals surface area contributed by atoms with Gasteiger partial charge in [-0.3, -0.25) is 14.9 Å². The van der Waals surface area contributed by atoms with Crippen LogP contribution in [-0.4, -0.2) is 17.5 Å². The molecule has 0 fully saturated rings. The molecule has 0 radical (unpaired) electrons. The van der Waals surface area contributed by atoms with Crippen LogP contribution in [0.2, 0.25) is 0 Å². The summed E-state index contributed by atoms with van der Waals surface area (Å²) in [5, 5.41) is 10.5. The van der Waals surface area contributed by atoms with E-state index in [2.05, 4.69) is 15.9 Å². The Kier molecular flexibility index (Phi) is 4.56. The van der Waals surface area contributed by atoms with E-state index in [4.69, 9.17) is 4.74 Å². The summed E-state index contributed by atoms with van der Waals surface area (Å²) in [5.41, 5.74) is -0.323. The quantitative estimate of drug-likeness (QED) is 0.487. The number of rotatable bonds is 4. The van der Waals surface area contributed by atoms with Gasteiger partial charge in [-0.05, 0) is 28.4 Å². The summed E-state index contributed by atoms with van der Waals surface area (Å²) >= 11 is 2.89. The average Bonchev–Trinajstić information content (AvgIpc) is 2.25. The largest absolute Gasteiger partial charge is 0.466 e. The number of hydrogen-bond acceptors (Lipinski definition) is 4. The minimum absolute atomic E-state index is 0.0836. The molecule has 0 spiro atoms. The first kappa shape index (κ1) is 13.6. The molecule has 92 valence electrons. The van der Waals surface area contributed by atoms with Crippen molar-refractivity contribution in [2.45, 2.75) is 13.3 Å². The summed E-state index contributed by atoms with van der Waals surface area (Å²) in [4.78, 5) is 20.8. The van der Waals surface area contributed by atoms with Crippen LogP contribution in [0.3, 0.4) is 0 Å². The Hall–Kier alpha value is -1.50. The van der Waals surface area contributed by atoms with Crippen molar-refractivity contribution in [3.63, 3.8) is 0 Å². The van der Waals surface area contributed by atoms with Crippen molar-refractivity contribution in [2.75, 3.05) is 6.61 Å². The molecule has 0 aromatic heterocycles. The summed E-state index contributed by atoms with van der Waals surface area (Å²) in [5.74, 6) is -1.50. The van der Waals surface area contributed by atoms with Crippen LogP contribution in [0.25, 0.3) is 0 Å². The van der Waals surface area contributed by atoms with Crippen molar-refractivity contribution in [3.05, 3.63) is 38.1 Å². The van der Waals surface area contributed by atoms with Gasteiger partial charge in [0, 0.05) is 6.07 Å². The number of esters is 1. The molecule has 0 aliphatic carbocycles. The fraction of sp³-hybridized carbons (Fsp3) is 0.300. The molecule has 0 unspecified atom stereocenters. The van der Waals surface area contributed by atoms with Gasteiger partial charge in [0.15, 0.2) is 0 Å². The second-order valence-electron chi connectivity index (χ2n) is 3.11. The van der Waals surface area contributed by atoms with Crippen LogP contribution in [0.4, 0.5) is 10.1 Å². The first-order valence-electron chi connectivity index (χ1n) is 4.74. The highest BCUT2D eigenvalue weighted by molar-refractivity contribution is 9.10. The normalized spacial score (nSPS) is 10.1. The number of nitrogens with zero attached hydrogens (tertiary/aromatic N) is 1. The third-order valence-electron chi connectivity index (χ3n) is 1.98. The highest BCUT2D eigenvalue weighted by atomic mass is 79.9. The molecule has 0 heterocycles. The lowest BCUT2D eigenvalue weighted by Gasteiger charge is -2.05. The van der Waals surface area contributed by atoms with Gasteiger partial charge in [-0.2, -0.15) is 4.39 Å². The predicted octanol–water partition coefficient (Wildman–Crippen LogP) is 2.60. The third-order valence-corrected chi connectivity index (χ3v) is 2.84. The Balaban J connectivity index is 3.00. The van der Waals surface area contributed by atoms with E-state index in [9.17, 15) is 19.3 Å². The first-order chi connectivity index (χ1) is 7.97. The van der Waals surface area contributed by atoms with Gasteiger partial charge in [0.2, 0.25) is 5.82 Å². The lowest BCUT2D eigenvalue weighted by Crippen LogP contribution is -2.08. The molecule has 0 bridgehead atoms. The van der Waals surface area contributed by atoms with Crippen LogP contribution < -0.4 is 0 Å². The van der Waals surface area contributed by atoms with Crippen molar-refractivity contribution < 1.29 is 18.8 Å². The number of nitro groups is 1. The van der Waals surface area contributed by atoms with Crippen molar-refractivity contribution in [2.24, 2.45) is 0 Å². The van der Waals surface area contributed by atoms with Crippen molar-refractivity contribution in [1.29, 1.82) is 0 Å². The minimum Gasteiger partial charge on any atom is -0.466 e. The van der Waals surface area contributed by atoms with E-state index >= 15 is 0 Å². The smallest absolute Gasteiger partial charge is 0.310 e. The maximum atomic E-state index is 13.5. The molecule has 0 amide bonds. The van der Waals surface area contributed by atoms with Crippen LogP contribution >= 0.6 is 15.9 Å². The Labute approximate surface area is 105 Å². The highest BCUT2D eigenvalue weighted by Gasteiger charge is 2.20. The van der Waals surface area contributed by atoms with Crippen LogP contribution in [0.1, 0.15) is 12.5 Å². The third kappa shape index (κ3) is 3.23. The number of ether oxygens (including phenoxy) is 1. The number of nitro benzene ring substituents is 1. The van der Waals surface area contributed by atoms with Crippen molar-refractivity contribution in [3.8, 4) is 0 Å². The molecule has 17 heavy (non-hydrogen) atoms. The molecule has 0 saturated carbocycles. The second kappa shape index (κ2) is 5.72. The number of carbonyl (C=O) groups excluding carboxylic acids is 1. The number of hydrogen-bond donors (Lipinski definition) is 0. The maximum absolute atomic E-state index is 13.5. The first-order valence-corrected chi connectivity index (χ1v) is 5.53. The lowest BCUT2D eigenvalue weighted by atomic mass is 10.1. The van der Waals surface area contributed by atoms with Crippen molar-refractivity contribution >= 4 is 27.6 Å². The van der Waals surface area contributed by atoms with E-state index in [1.54, 1.807) is 6.92 Å². The van der Waals surface area contributed by atoms with Crippen LogP contribution in [0.5, 0.6) is 0 Å². The topological polar surface area (TPSA) is 69.4 Å². The zero-order chi connectivity index (χ0) is 13.0. The monoisotopic (exact) mass is 305 g/mol. The number of benzene rings is 1. The van der Waals surface area contributed by atoms with E-state index in [0.29, 0.717) is 5.56 Å². The maximum Gasteiger partial charge on any atom is 0.310 e. The fourth-order valence-corrected chi connectivity index (χ4v) is 1.70. The average molecular weight is 306 g/mol. The Morgan fingerprint density at radius 1 is 1.59 bits per heavy atom. The van der Waals surface area contributed by atoms with E-state index < -0.39 is 22.4 Å². The Morgan fingerprint density at radius 3 is 2.76 bits per heavy atom.